The van der Waals surface area contributed by atoms with Crippen LogP contribution in [0.1, 0.15) is 14.0 Å². The number of carboxylic acids is 1. The average molecular weight is 332 g/mol. The normalized spacial score (nSPS) is 10.3. The third kappa shape index (κ3) is 5.65. The predicted octanol–water partition coefficient (Wildman–Crippen LogP) is -2.17. The zero-order valence-corrected chi connectivity index (χ0v) is 14.5. The molecule has 0 unspecified atom stereocenters. The Balaban J connectivity index is 0. The van der Waals surface area contributed by atoms with Gasteiger partial charge in [0.1, 0.15) is 10.0 Å². The van der Waals surface area contributed by atoms with Crippen molar-refractivity contribution >= 4 is 52.1 Å². The fraction of sp³-hybridized carbons (Fsp3) is 0.125. The van der Waals surface area contributed by atoms with E-state index in [9.17, 15) is 14.4 Å². The molecule has 1 aromatic rings. The predicted molar refractivity (Wildman–Crippen MR) is 63.9 cm³/mol. The summed E-state index contributed by atoms with van der Waals surface area (Å²) < 4.78 is -0.00680. The molecule has 98 valence electrons. The monoisotopic (exact) mass is 331 g/mol. The maximum absolute atomic E-state index is 10.9. The second-order valence-corrected chi connectivity index (χ2v) is 4.33. The fourth-order valence-electron chi connectivity index (χ4n) is 0.853. The number of hydrogen-bond acceptors (Lipinski definition) is 7. The Morgan fingerprint density at radius 1 is 1.63 bits per heavy atom. The van der Waals surface area contributed by atoms with Crippen LogP contribution >= 0.6 is 22.9 Å². The second kappa shape index (κ2) is 8.74. The molecule has 0 atom stereocenters. The molecule has 0 saturated carbocycles. The summed E-state index contributed by atoms with van der Waals surface area (Å²) in [6.07, 6.45) is 0.364. The Kier molecular flexibility index (Phi) is 8.57. The Morgan fingerprint density at radius 2 is 2.26 bits per heavy atom. The van der Waals surface area contributed by atoms with E-state index in [1.165, 1.54) is 0 Å². The van der Waals surface area contributed by atoms with Crippen molar-refractivity contribution in [1.82, 2.24) is 4.98 Å². The number of rotatable bonds is 5. The van der Waals surface area contributed by atoms with Crippen LogP contribution < -0.4 is 56.7 Å². The van der Waals surface area contributed by atoms with Crippen LogP contribution in [-0.4, -0.2) is 34.2 Å². The van der Waals surface area contributed by atoms with Gasteiger partial charge in [-0.25, -0.2) is 14.6 Å². The summed E-state index contributed by atoms with van der Waals surface area (Å²) >= 11 is 6.60. The number of oxime groups is 1. The number of aliphatic carboxylic acids is 1. The van der Waals surface area contributed by atoms with Crippen LogP contribution in [0, 0.1) is 0 Å². The molecule has 0 spiro atoms. The molecular formula is C8H7ClKN3O5S. The number of nitrogens with zero attached hydrogens (tertiary/aromatic N) is 2. The number of carboxylic acid groups (broad SMARTS) is 1. The van der Waals surface area contributed by atoms with Gasteiger partial charge in [-0.15, -0.1) is 0 Å². The zero-order chi connectivity index (χ0) is 13.7. The molecule has 2 N–H and O–H groups in total. The number of aromatic nitrogens is 1. The van der Waals surface area contributed by atoms with Crippen molar-refractivity contribution < 1.29 is 77.1 Å². The number of amides is 1. The van der Waals surface area contributed by atoms with Gasteiger partial charge >= 0.3 is 63.3 Å². The van der Waals surface area contributed by atoms with Crippen LogP contribution in [0.3, 0.4) is 0 Å². The molecule has 1 rings (SSSR count). The summed E-state index contributed by atoms with van der Waals surface area (Å²) in [5, 5.41) is 14.3. The number of carbonyl (C=O) groups excluding carboxylic acids is 2. The molecule has 8 nitrogen and oxygen atoms in total. The number of anilines is 1. The first-order valence-electron chi connectivity index (χ1n) is 4.31. The van der Waals surface area contributed by atoms with Crippen molar-refractivity contribution in [2.75, 3.05) is 5.32 Å². The van der Waals surface area contributed by atoms with Crippen molar-refractivity contribution in [3.63, 3.8) is 0 Å². The molecule has 0 aliphatic rings. The van der Waals surface area contributed by atoms with E-state index in [2.05, 4.69) is 20.3 Å². The van der Waals surface area contributed by atoms with E-state index in [-0.39, 0.29) is 68.0 Å². The number of hydrogen-bond donors (Lipinski definition) is 2. The van der Waals surface area contributed by atoms with Crippen molar-refractivity contribution in [3.05, 3.63) is 10.0 Å². The van der Waals surface area contributed by atoms with Gasteiger partial charge < -0.3 is 16.7 Å². The minimum Gasteiger partial charge on any atom is -1.00 e. The summed E-state index contributed by atoms with van der Waals surface area (Å²) in [5.41, 5.74) is -0.829. The fourth-order valence-corrected chi connectivity index (χ4v) is 1.86. The first kappa shape index (κ1) is 18.6. The maximum atomic E-state index is 10.9. The van der Waals surface area contributed by atoms with Crippen LogP contribution in [0.4, 0.5) is 5.13 Å². The van der Waals surface area contributed by atoms with Crippen LogP contribution in [-0.2, 0) is 19.2 Å². The molecule has 1 amide bonds. The van der Waals surface area contributed by atoms with E-state index >= 15 is 0 Å². The first-order chi connectivity index (χ1) is 8.45. The smallest absolute Gasteiger partial charge is 1.00 e. The van der Waals surface area contributed by atoms with Gasteiger partial charge in [-0.1, -0.05) is 28.1 Å². The summed E-state index contributed by atoms with van der Waals surface area (Å²) in [7, 11) is 0. The topological polar surface area (TPSA) is 118 Å². The molecular weight excluding hydrogens is 325 g/mol. The third-order valence-corrected chi connectivity index (χ3v) is 2.65. The number of nitrogens with one attached hydrogen (secondary N) is 1. The largest absolute Gasteiger partial charge is 1.00 e. The molecule has 19 heavy (non-hydrogen) atoms. The van der Waals surface area contributed by atoms with Crippen molar-refractivity contribution in [3.8, 4) is 0 Å². The Morgan fingerprint density at radius 3 is 2.74 bits per heavy atom. The van der Waals surface area contributed by atoms with E-state index in [1.54, 1.807) is 0 Å². The Bertz CT molecular complexity index is 538. The minimum atomic E-state index is -1.47. The van der Waals surface area contributed by atoms with E-state index in [4.69, 9.17) is 16.7 Å². The molecule has 0 radical (unpaired) electrons. The minimum absolute atomic E-state index is 0. The van der Waals surface area contributed by atoms with Gasteiger partial charge in [0.25, 0.3) is 0 Å². The van der Waals surface area contributed by atoms with Gasteiger partial charge in [0.2, 0.25) is 12.1 Å². The van der Waals surface area contributed by atoms with Crippen LogP contribution in [0.15, 0.2) is 5.16 Å². The molecule has 0 bridgehead atoms. The van der Waals surface area contributed by atoms with Gasteiger partial charge in [0.15, 0.2) is 5.13 Å². The van der Waals surface area contributed by atoms with Crippen LogP contribution in [0.25, 0.3) is 0 Å². The van der Waals surface area contributed by atoms with Gasteiger partial charge in [-0.2, -0.15) is 0 Å². The Labute approximate surface area is 160 Å². The molecule has 1 heterocycles. The molecule has 0 aromatic carbocycles. The van der Waals surface area contributed by atoms with Crippen molar-refractivity contribution in [2.45, 2.75) is 6.92 Å². The SMILES string of the molecule is CC(=O)ON=C(C(=O)O)c1nc(NC=O)sc1Cl.[H-].[K+]. The maximum Gasteiger partial charge on any atom is 1.00 e. The van der Waals surface area contributed by atoms with Crippen molar-refractivity contribution in [2.24, 2.45) is 5.16 Å². The van der Waals surface area contributed by atoms with Gasteiger partial charge in [0.05, 0.1) is 0 Å². The zero-order valence-electron chi connectivity index (χ0n) is 10.8. The summed E-state index contributed by atoms with van der Waals surface area (Å²) in [5.74, 6) is -2.26. The van der Waals surface area contributed by atoms with Gasteiger partial charge in [-0.05, 0) is 0 Å². The number of halogens is 1. The summed E-state index contributed by atoms with van der Waals surface area (Å²) in [6.45, 7) is 1.06. The summed E-state index contributed by atoms with van der Waals surface area (Å²) in [4.78, 5) is 39.7. The molecule has 1 aromatic heterocycles. The first-order valence-corrected chi connectivity index (χ1v) is 5.51. The summed E-state index contributed by atoms with van der Waals surface area (Å²) in [6, 6.07) is 0. The third-order valence-electron chi connectivity index (χ3n) is 1.46. The standard InChI is InChI=1S/C8H6ClN3O5S.K.H/c1-3(14)17-12-5(7(15)16)4-6(9)18-8(11-4)10-2-13;;/h2H,1H3,(H,15,16)(H,10,11,13);;/q;+1;-1. The molecule has 0 saturated heterocycles. The molecule has 0 aliphatic heterocycles. The van der Waals surface area contributed by atoms with Gasteiger partial charge in [0, 0.05) is 6.92 Å². The van der Waals surface area contributed by atoms with E-state index < -0.39 is 17.7 Å². The second-order valence-electron chi connectivity index (χ2n) is 2.73. The number of carbonyl (C=O) groups is 3. The van der Waals surface area contributed by atoms with E-state index in [0.29, 0.717) is 6.41 Å². The number of thiazole rings is 1. The van der Waals surface area contributed by atoms with Crippen molar-refractivity contribution in [1.29, 1.82) is 0 Å². The van der Waals surface area contributed by atoms with Crippen LogP contribution in [0.2, 0.25) is 4.34 Å². The average Bonchev–Trinajstić information content (AvgIpc) is 2.60. The van der Waals surface area contributed by atoms with E-state index in [0.717, 1.165) is 18.3 Å². The van der Waals surface area contributed by atoms with E-state index in [1.807, 2.05) is 0 Å². The molecule has 0 aliphatic carbocycles. The Hall–Kier alpha value is -0.364. The molecule has 0 fully saturated rings. The van der Waals surface area contributed by atoms with Crippen LogP contribution in [0.5, 0.6) is 0 Å². The quantitative estimate of drug-likeness (QED) is 0.208. The van der Waals surface area contributed by atoms with Gasteiger partial charge in [-0.3, -0.25) is 4.79 Å². The molecule has 11 heteroatoms.